The standard InChI is InChI=1S/C36H22N4S2/c1-3-11-23(12-4-1)27-17-9-19-29(37-27)25-21-33-34(42-36-35(41-33)39-31-15-7-8-16-32(31)40-36)22-26(25)30-20-10-18-28(38-30)24-13-5-2-6-14-24/h1-22H. The number of nitrogens with zero attached hydrogens (tertiary/aromatic N) is 4. The van der Waals surface area contributed by atoms with Crippen molar-refractivity contribution in [3.8, 4) is 45.0 Å². The van der Waals surface area contributed by atoms with E-state index in [1.165, 1.54) is 0 Å². The van der Waals surface area contributed by atoms with Gasteiger partial charge in [0.1, 0.15) is 10.1 Å². The Morgan fingerprint density at radius 2 is 0.762 bits per heavy atom. The van der Waals surface area contributed by atoms with Crippen molar-refractivity contribution in [3.05, 3.63) is 133 Å². The first-order chi connectivity index (χ1) is 20.8. The van der Waals surface area contributed by atoms with Crippen LogP contribution in [0.2, 0.25) is 0 Å². The van der Waals surface area contributed by atoms with Gasteiger partial charge in [0.05, 0.1) is 33.8 Å². The smallest absolute Gasteiger partial charge is 0.134 e. The van der Waals surface area contributed by atoms with E-state index >= 15 is 0 Å². The predicted octanol–water partition coefficient (Wildman–Crippen LogP) is 9.70. The Hall–Kier alpha value is -4.78. The average Bonchev–Trinajstić information content (AvgIpc) is 3.07. The molecule has 4 aromatic carbocycles. The molecule has 7 aromatic rings. The summed E-state index contributed by atoms with van der Waals surface area (Å²) in [5.74, 6) is 0. The van der Waals surface area contributed by atoms with Crippen molar-refractivity contribution in [1.82, 2.24) is 19.9 Å². The van der Waals surface area contributed by atoms with Gasteiger partial charge in [-0.2, -0.15) is 0 Å². The largest absolute Gasteiger partial charge is 0.248 e. The number of benzene rings is 4. The Kier molecular flexibility index (Phi) is 6.28. The zero-order chi connectivity index (χ0) is 27.9. The molecular weight excluding hydrogens is 553 g/mol. The van der Waals surface area contributed by atoms with Crippen molar-refractivity contribution in [2.24, 2.45) is 0 Å². The van der Waals surface area contributed by atoms with E-state index in [1.54, 1.807) is 23.5 Å². The highest BCUT2D eigenvalue weighted by Gasteiger charge is 2.24. The van der Waals surface area contributed by atoms with Crippen molar-refractivity contribution >= 4 is 34.6 Å². The molecule has 8 rings (SSSR count). The van der Waals surface area contributed by atoms with Crippen LogP contribution in [0.1, 0.15) is 0 Å². The highest BCUT2D eigenvalue weighted by Crippen LogP contribution is 2.50. The lowest BCUT2D eigenvalue weighted by molar-refractivity contribution is 0.953. The summed E-state index contributed by atoms with van der Waals surface area (Å²) in [6, 6.07) is 45.6. The van der Waals surface area contributed by atoms with E-state index in [0.29, 0.717) is 0 Å². The number of fused-ring (bicyclic) bond motifs is 3. The molecule has 198 valence electrons. The summed E-state index contributed by atoms with van der Waals surface area (Å²) in [5, 5.41) is 1.86. The molecule has 0 spiro atoms. The molecule has 0 fully saturated rings. The normalized spacial score (nSPS) is 12.1. The number of pyridine rings is 2. The summed E-state index contributed by atoms with van der Waals surface area (Å²) in [7, 11) is 0. The summed E-state index contributed by atoms with van der Waals surface area (Å²) in [6.07, 6.45) is 0. The summed E-state index contributed by atoms with van der Waals surface area (Å²) in [4.78, 5) is 22.5. The van der Waals surface area contributed by atoms with Gasteiger partial charge in [-0.15, -0.1) is 0 Å². The molecule has 1 aliphatic rings. The molecule has 0 aliphatic carbocycles. The van der Waals surface area contributed by atoms with Gasteiger partial charge in [-0.05, 0) is 48.5 Å². The summed E-state index contributed by atoms with van der Waals surface area (Å²) in [6.45, 7) is 0. The Morgan fingerprint density at radius 3 is 1.21 bits per heavy atom. The second kappa shape index (κ2) is 10.6. The van der Waals surface area contributed by atoms with Gasteiger partial charge in [-0.25, -0.2) is 19.9 Å². The molecule has 0 atom stereocenters. The second-order valence-corrected chi connectivity index (χ2v) is 12.0. The van der Waals surface area contributed by atoms with E-state index in [9.17, 15) is 0 Å². The number of hydrogen-bond donors (Lipinski definition) is 0. The molecule has 0 saturated carbocycles. The summed E-state index contributed by atoms with van der Waals surface area (Å²) >= 11 is 3.34. The van der Waals surface area contributed by atoms with Gasteiger partial charge >= 0.3 is 0 Å². The molecule has 0 radical (unpaired) electrons. The molecule has 6 heteroatoms. The Bertz CT molecular complexity index is 1950. The Labute approximate surface area is 252 Å². The highest BCUT2D eigenvalue weighted by molar-refractivity contribution is 8.05. The zero-order valence-electron chi connectivity index (χ0n) is 22.3. The lowest BCUT2D eigenvalue weighted by atomic mass is 9.99. The SMILES string of the molecule is c1ccc(-c2cccc(-c3cc4c(cc3-c3cccc(-c5ccccc5)n3)Sc3nc5ccccc5nc3S4)n2)cc1. The molecule has 4 nitrogen and oxygen atoms in total. The van der Waals surface area contributed by atoms with Crippen LogP contribution in [0, 0.1) is 0 Å². The van der Waals surface area contributed by atoms with Crippen molar-refractivity contribution in [1.29, 1.82) is 0 Å². The maximum Gasteiger partial charge on any atom is 0.134 e. The van der Waals surface area contributed by atoms with Crippen LogP contribution in [0.4, 0.5) is 0 Å². The van der Waals surface area contributed by atoms with E-state index in [4.69, 9.17) is 19.9 Å². The lowest BCUT2D eigenvalue weighted by Gasteiger charge is -2.20. The average molecular weight is 575 g/mol. The summed E-state index contributed by atoms with van der Waals surface area (Å²) < 4.78 is 0. The van der Waals surface area contributed by atoms with E-state index < -0.39 is 0 Å². The van der Waals surface area contributed by atoms with Gasteiger partial charge in [0.25, 0.3) is 0 Å². The quantitative estimate of drug-likeness (QED) is 0.209. The lowest BCUT2D eigenvalue weighted by Crippen LogP contribution is -2.00. The topological polar surface area (TPSA) is 51.6 Å². The third kappa shape index (κ3) is 4.65. The molecule has 0 N–H and O–H groups in total. The number of rotatable bonds is 4. The molecule has 1 aliphatic heterocycles. The fourth-order valence-corrected chi connectivity index (χ4v) is 7.30. The van der Waals surface area contributed by atoms with Gasteiger partial charge in [-0.1, -0.05) is 108 Å². The van der Waals surface area contributed by atoms with Gasteiger partial charge < -0.3 is 0 Å². The van der Waals surface area contributed by atoms with Gasteiger partial charge in [0, 0.05) is 32.0 Å². The van der Waals surface area contributed by atoms with Gasteiger partial charge in [-0.3, -0.25) is 0 Å². The van der Waals surface area contributed by atoms with Crippen LogP contribution in [-0.2, 0) is 0 Å². The first-order valence-corrected chi connectivity index (χ1v) is 15.3. The summed E-state index contributed by atoms with van der Waals surface area (Å²) in [5.41, 5.74) is 9.74. The van der Waals surface area contributed by atoms with Crippen LogP contribution in [0.3, 0.4) is 0 Å². The van der Waals surface area contributed by atoms with Crippen LogP contribution >= 0.6 is 23.5 Å². The van der Waals surface area contributed by atoms with Gasteiger partial charge in [0.2, 0.25) is 0 Å². The maximum atomic E-state index is 5.14. The van der Waals surface area contributed by atoms with Crippen molar-refractivity contribution in [2.45, 2.75) is 19.8 Å². The minimum Gasteiger partial charge on any atom is -0.248 e. The first-order valence-electron chi connectivity index (χ1n) is 13.6. The van der Waals surface area contributed by atoms with Crippen LogP contribution in [-0.4, -0.2) is 19.9 Å². The number of para-hydroxylation sites is 2. The fourth-order valence-electron chi connectivity index (χ4n) is 5.16. The number of hydrogen-bond acceptors (Lipinski definition) is 6. The van der Waals surface area contributed by atoms with E-state index in [-0.39, 0.29) is 0 Å². The van der Waals surface area contributed by atoms with Crippen LogP contribution in [0.15, 0.2) is 153 Å². The van der Waals surface area contributed by atoms with Crippen LogP contribution in [0.25, 0.3) is 56.1 Å². The maximum absolute atomic E-state index is 5.14. The molecule has 3 aromatic heterocycles. The van der Waals surface area contributed by atoms with Gasteiger partial charge in [0.15, 0.2) is 0 Å². The van der Waals surface area contributed by atoms with Crippen LogP contribution in [0.5, 0.6) is 0 Å². The minimum absolute atomic E-state index is 0.905. The Morgan fingerprint density at radius 1 is 0.357 bits per heavy atom. The van der Waals surface area contributed by atoms with Crippen LogP contribution < -0.4 is 0 Å². The fraction of sp³-hybridized carbons (Fsp3) is 0. The molecular formula is C36H22N4S2. The molecule has 0 amide bonds. The highest BCUT2D eigenvalue weighted by atomic mass is 32.2. The first kappa shape index (κ1) is 25.0. The molecule has 4 heterocycles. The third-order valence-electron chi connectivity index (χ3n) is 7.20. The van der Waals surface area contributed by atoms with Crippen molar-refractivity contribution in [3.63, 3.8) is 0 Å². The zero-order valence-corrected chi connectivity index (χ0v) is 23.9. The minimum atomic E-state index is 0.905. The molecule has 0 unspecified atom stereocenters. The van der Waals surface area contributed by atoms with E-state index in [0.717, 1.165) is 75.9 Å². The van der Waals surface area contributed by atoms with Crippen molar-refractivity contribution < 1.29 is 0 Å². The third-order valence-corrected chi connectivity index (χ3v) is 9.52. The van der Waals surface area contributed by atoms with Crippen molar-refractivity contribution in [2.75, 3.05) is 0 Å². The monoisotopic (exact) mass is 574 g/mol. The number of aromatic nitrogens is 4. The molecule has 0 saturated heterocycles. The predicted molar refractivity (Wildman–Crippen MR) is 172 cm³/mol. The Balaban J connectivity index is 1.30. The van der Waals surface area contributed by atoms with E-state index in [2.05, 4.69) is 72.8 Å². The molecule has 0 bridgehead atoms. The van der Waals surface area contributed by atoms with E-state index in [1.807, 2.05) is 60.7 Å². The second-order valence-electron chi connectivity index (χ2n) is 9.92. The molecule has 42 heavy (non-hydrogen) atoms.